The molecule has 246 valence electrons. The molecule has 0 bridgehead atoms. The lowest BCUT2D eigenvalue weighted by atomic mass is 9.82. The molecular weight excluding hydrogens is 596 g/mol. The number of rotatable bonds is 11. The highest BCUT2D eigenvalue weighted by atomic mass is 32.2. The van der Waals surface area contributed by atoms with Crippen LogP contribution in [-0.2, 0) is 38.0 Å². The van der Waals surface area contributed by atoms with E-state index in [4.69, 9.17) is 14.2 Å². The lowest BCUT2D eigenvalue weighted by Crippen LogP contribution is -2.54. The Balaban J connectivity index is 1.41. The van der Waals surface area contributed by atoms with Crippen LogP contribution in [-0.4, -0.2) is 88.5 Å². The Kier molecular flexibility index (Phi) is 9.53. The van der Waals surface area contributed by atoms with Crippen LogP contribution in [0.15, 0.2) is 42.6 Å². The second-order valence-corrected chi connectivity index (χ2v) is 15.3. The molecule has 2 aliphatic rings. The minimum Gasteiger partial charge on any atom is -0.497 e. The Morgan fingerprint density at radius 3 is 2.56 bits per heavy atom. The van der Waals surface area contributed by atoms with Gasteiger partial charge in [-0.3, -0.25) is 9.10 Å². The van der Waals surface area contributed by atoms with E-state index in [1.165, 1.54) is 11.4 Å². The highest BCUT2D eigenvalue weighted by Crippen LogP contribution is 2.40. The van der Waals surface area contributed by atoms with Crippen LogP contribution < -0.4 is 19.7 Å². The number of carbonyl (C=O) groups excluding carboxylic acids is 1. The van der Waals surface area contributed by atoms with Crippen LogP contribution in [0.4, 0.5) is 5.69 Å². The average Bonchev–Trinajstić information content (AvgIpc) is 3.37. The number of nitrogens with one attached hydrogen (secondary N) is 2. The lowest BCUT2D eigenvalue weighted by Gasteiger charge is -2.40. The molecule has 1 aromatic heterocycles. The molecule has 2 aliphatic heterocycles. The molecule has 11 nitrogen and oxygen atoms in total. The molecule has 3 heterocycles. The molecule has 3 aromatic rings. The first-order chi connectivity index (χ1) is 21.4. The summed E-state index contributed by atoms with van der Waals surface area (Å²) in [4.78, 5) is 13.8. The van der Waals surface area contributed by atoms with Gasteiger partial charge in [0.05, 0.1) is 37.1 Å². The van der Waals surface area contributed by atoms with Gasteiger partial charge in [-0.25, -0.2) is 8.42 Å². The fraction of sp³-hybridized carbons (Fsp3) is 0.545. The van der Waals surface area contributed by atoms with Gasteiger partial charge in [0.1, 0.15) is 10.5 Å². The number of hydrogen-bond acceptors (Lipinski definition) is 8. The quantitative estimate of drug-likeness (QED) is 0.291. The largest absolute Gasteiger partial charge is 0.497 e. The number of methoxy groups -OCH3 is 2. The highest BCUT2D eigenvalue weighted by molar-refractivity contribution is 7.94. The Morgan fingerprint density at radius 1 is 1.16 bits per heavy atom. The molecular formula is C33H46N4O7S. The molecule has 1 saturated heterocycles. The van der Waals surface area contributed by atoms with Crippen molar-refractivity contribution < 1.29 is 32.5 Å². The molecule has 45 heavy (non-hydrogen) atoms. The second-order valence-electron chi connectivity index (χ2n) is 12.7. The SMILES string of the molecule is CCc1cn2c3c(cc(C(=O)N[C@@H](COC)[C@H](O)CNC4(c5cccc(OC)c5)CCOCC4)cc13)N(C)S(=O)(=O)C(C)(C)C2. The van der Waals surface area contributed by atoms with Gasteiger partial charge < -0.3 is 34.5 Å². The molecule has 2 aromatic carbocycles. The van der Waals surface area contributed by atoms with E-state index in [1.807, 2.05) is 48.0 Å². The van der Waals surface area contributed by atoms with Crippen molar-refractivity contribution in [1.29, 1.82) is 0 Å². The van der Waals surface area contributed by atoms with Crippen LogP contribution in [0.1, 0.15) is 55.1 Å². The maximum Gasteiger partial charge on any atom is 0.251 e. The third-order valence-corrected chi connectivity index (χ3v) is 11.8. The fourth-order valence-corrected chi connectivity index (χ4v) is 8.03. The van der Waals surface area contributed by atoms with E-state index < -0.39 is 38.4 Å². The monoisotopic (exact) mass is 642 g/mol. The van der Waals surface area contributed by atoms with Gasteiger partial charge in [-0.15, -0.1) is 0 Å². The number of ether oxygens (including phenoxy) is 3. The van der Waals surface area contributed by atoms with Gasteiger partial charge in [0.25, 0.3) is 5.91 Å². The molecule has 0 spiro atoms. The molecule has 0 unspecified atom stereocenters. The standard InChI is InChI=1S/C33H46N4O7S/c1-7-22-19-37-21-32(2,3)45(40,41)36(4)28-16-23(15-26(22)30(28)37)31(39)35-27(20-42-5)29(38)18-34-33(11-13-44-14-12-33)24-9-8-10-25(17-24)43-6/h8-10,15-17,19,27,29,34,38H,7,11-14,18,20-21H2,1-6H3,(H,35,39)/t27-,29+/m0/s1. The van der Waals surface area contributed by atoms with E-state index in [2.05, 4.69) is 10.6 Å². The smallest absolute Gasteiger partial charge is 0.251 e. The molecule has 0 aliphatic carbocycles. The van der Waals surface area contributed by atoms with Crippen LogP contribution in [0, 0.1) is 0 Å². The van der Waals surface area contributed by atoms with Gasteiger partial charge in [-0.05, 0) is 68.5 Å². The molecule has 2 atom stereocenters. The first-order valence-corrected chi connectivity index (χ1v) is 16.9. The average molecular weight is 643 g/mol. The van der Waals surface area contributed by atoms with Gasteiger partial charge in [0.2, 0.25) is 10.0 Å². The summed E-state index contributed by atoms with van der Waals surface area (Å²) >= 11 is 0. The molecule has 1 amide bonds. The van der Waals surface area contributed by atoms with Gasteiger partial charge in [0.15, 0.2) is 0 Å². The maximum atomic E-state index is 13.8. The first-order valence-electron chi connectivity index (χ1n) is 15.5. The summed E-state index contributed by atoms with van der Waals surface area (Å²) in [7, 11) is 0.974. The predicted molar refractivity (Wildman–Crippen MR) is 175 cm³/mol. The highest BCUT2D eigenvalue weighted by Gasteiger charge is 2.42. The zero-order valence-electron chi connectivity index (χ0n) is 27.1. The van der Waals surface area contributed by atoms with Crippen molar-refractivity contribution in [3.05, 3.63) is 59.3 Å². The molecule has 3 N–H and O–H groups in total. The van der Waals surface area contributed by atoms with E-state index in [0.29, 0.717) is 43.9 Å². The third-order valence-electron chi connectivity index (χ3n) is 9.37. The summed E-state index contributed by atoms with van der Waals surface area (Å²) in [6.07, 6.45) is 3.15. The van der Waals surface area contributed by atoms with Crippen LogP contribution in [0.25, 0.3) is 10.9 Å². The normalized spacial score (nSPS) is 19.9. The van der Waals surface area contributed by atoms with Crippen LogP contribution >= 0.6 is 0 Å². The van der Waals surface area contributed by atoms with Gasteiger partial charge in [-0.1, -0.05) is 19.1 Å². The Bertz CT molecular complexity index is 1650. The number of benzene rings is 2. The van der Waals surface area contributed by atoms with Crippen molar-refractivity contribution in [2.24, 2.45) is 0 Å². The third kappa shape index (κ3) is 6.18. The Morgan fingerprint density at radius 2 is 1.89 bits per heavy atom. The number of sulfonamides is 1. The minimum atomic E-state index is -3.72. The summed E-state index contributed by atoms with van der Waals surface area (Å²) in [6, 6.07) is 10.6. The van der Waals surface area contributed by atoms with Crippen molar-refractivity contribution in [3.8, 4) is 5.75 Å². The van der Waals surface area contributed by atoms with Crippen LogP contribution in [0.5, 0.6) is 5.75 Å². The summed E-state index contributed by atoms with van der Waals surface area (Å²) < 4.78 is 45.9. The van der Waals surface area contributed by atoms with Crippen molar-refractivity contribution in [1.82, 2.24) is 15.2 Å². The van der Waals surface area contributed by atoms with E-state index in [0.717, 1.165) is 34.2 Å². The molecule has 5 rings (SSSR count). The van der Waals surface area contributed by atoms with E-state index in [-0.39, 0.29) is 13.2 Å². The minimum absolute atomic E-state index is 0.0814. The van der Waals surface area contributed by atoms with Gasteiger partial charge in [0, 0.05) is 63.1 Å². The maximum absolute atomic E-state index is 13.8. The number of amides is 1. The zero-order valence-corrected chi connectivity index (χ0v) is 27.9. The Hall–Kier alpha value is -3.16. The number of nitrogens with zero attached hydrogens (tertiary/aromatic N) is 2. The number of aliphatic hydroxyl groups excluding tert-OH is 1. The summed E-state index contributed by atoms with van der Waals surface area (Å²) in [5.74, 6) is 0.326. The van der Waals surface area contributed by atoms with Crippen LogP contribution in [0.2, 0.25) is 0 Å². The van der Waals surface area contributed by atoms with E-state index >= 15 is 0 Å². The molecule has 1 fully saturated rings. The number of anilines is 1. The molecule has 0 saturated carbocycles. The molecule has 12 heteroatoms. The second kappa shape index (κ2) is 12.9. The summed E-state index contributed by atoms with van der Waals surface area (Å²) in [6.45, 7) is 7.20. The Labute approximate surface area is 265 Å². The number of hydrogen-bond donors (Lipinski definition) is 3. The van der Waals surface area contributed by atoms with Crippen molar-refractivity contribution in [2.75, 3.05) is 51.9 Å². The van der Waals surface area contributed by atoms with Gasteiger partial charge >= 0.3 is 0 Å². The van der Waals surface area contributed by atoms with E-state index in [1.54, 1.807) is 34.1 Å². The van der Waals surface area contributed by atoms with Crippen LogP contribution in [0.3, 0.4) is 0 Å². The number of aryl methyl sites for hydroxylation is 1. The predicted octanol–water partition coefficient (Wildman–Crippen LogP) is 3.17. The van der Waals surface area contributed by atoms with Gasteiger partial charge in [-0.2, -0.15) is 0 Å². The van der Waals surface area contributed by atoms with Crippen molar-refractivity contribution >= 4 is 32.5 Å². The zero-order chi connectivity index (χ0) is 32.6. The van der Waals surface area contributed by atoms with Crippen molar-refractivity contribution in [3.63, 3.8) is 0 Å². The molecule has 0 radical (unpaired) electrons. The topological polar surface area (TPSA) is 131 Å². The summed E-state index contributed by atoms with van der Waals surface area (Å²) in [5, 5.41) is 18.8. The fourth-order valence-electron chi connectivity index (χ4n) is 6.59. The first kappa shape index (κ1) is 33.2. The number of aliphatic hydroxyl groups is 1. The van der Waals surface area contributed by atoms with E-state index in [9.17, 15) is 18.3 Å². The summed E-state index contributed by atoms with van der Waals surface area (Å²) in [5.41, 5.74) is 3.19. The number of carbonyl (C=O) groups is 1. The van der Waals surface area contributed by atoms with Crippen molar-refractivity contribution in [2.45, 2.75) is 69.0 Å². The lowest BCUT2D eigenvalue weighted by molar-refractivity contribution is 0.0210. The number of aromatic nitrogens is 1.